The maximum Gasteiger partial charge on any atom is 0.409 e. The second-order valence-electron chi connectivity index (χ2n) is 11.0. The van der Waals surface area contributed by atoms with E-state index in [0.29, 0.717) is 75.9 Å². The lowest BCUT2D eigenvalue weighted by Crippen LogP contribution is -2.48. The van der Waals surface area contributed by atoms with Crippen molar-refractivity contribution >= 4 is 44.0 Å². The van der Waals surface area contributed by atoms with Gasteiger partial charge < -0.3 is 28.3 Å². The first-order valence-corrected chi connectivity index (χ1v) is 17.3. The summed E-state index contributed by atoms with van der Waals surface area (Å²) < 4.78 is 22.7. The molecular formula is C32H38Br2N8O6. The van der Waals surface area contributed by atoms with Crippen LogP contribution < -0.4 is 0 Å². The van der Waals surface area contributed by atoms with Gasteiger partial charge in [0.05, 0.1) is 26.3 Å². The smallest absolute Gasteiger partial charge is 0.409 e. The third-order valence-corrected chi connectivity index (χ3v) is 8.59. The Morgan fingerprint density at radius 1 is 0.667 bits per heavy atom. The average molecular weight is 791 g/mol. The largest absolute Gasteiger partial charge is 0.450 e. The van der Waals surface area contributed by atoms with Crippen molar-refractivity contribution in [1.82, 2.24) is 39.9 Å². The van der Waals surface area contributed by atoms with Crippen LogP contribution in [0, 0.1) is 0 Å². The normalized spacial score (nSPS) is 15.5. The molecule has 2 aromatic carbocycles. The first-order valence-electron chi connectivity index (χ1n) is 15.8. The highest BCUT2D eigenvalue weighted by Crippen LogP contribution is 2.23. The highest BCUT2D eigenvalue weighted by molar-refractivity contribution is 9.10. The molecule has 0 aliphatic carbocycles. The second kappa shape index (κ2) is 17.5. The third-order valence-electron chi connectivity index (χ3n) is 7.61. The Bertz CT molecular complexity index is 1520. The number of aromatic nitrogens is 4. The summed E-state index contributed by atoms with van der Waals surface area (Å²) in [6, 6.07) is 15.5. The molecule has 2 fully saturated rings. The summed E-state index contributed by atoms with van der Waals surface area (Å²) in [5.41, 5.74) is 1.77. The molecule has 2 saturated heterocycles. The van der Waals surface area contributed by atoms with E-state index in [4.69, 9.17) is 18.5 Å². The van der Waals surface area contributed by atoms with Gasteiger partial charge in [0.25, 0.3) is 11.8 Å². The summed E-state index contributed by atoms with van der Waals surface area (Å²) in [5, 5.41) is 8.10. The fraction of sp³-hybridized carbons (Fsp3) is 0.438. The highest BCUT2D eigenvalue weighted by Gasteiger charge is 2.24. The number of piperazine rings is 2. The number of hydrogen-bond acceptors (Lipinski definition) is 12. The Labute approximate surface area is 295 Å². The lowest BCUT2D eigenvalue weighted by atomic mass is 10.2. The van der Waals surface area contributed by atoms with Gasteiger partial charge in [-0.25, -0.2) is 9.59 Å². The zero-order valence-corrected chi connectivity index (χ0v) is 30.1. The molecule has 4 aromatic rings. The molecule has 256 valence electrons. The summed E-state index contributed by atoms with van der Waals surface area (Å²) in [5.74, 6) is 2.32. The van der Waals surface area contributed by atoms with Crippen molar-refractivity contribution in [1.29, 1.82) is 0 Å². The van der Waals surface area contributed by atoms with Crippen LogP contribution in [0.3, 0.4) is 0 Å². The third kappa shape index (κ3) is 10.1. The van der Waals surface area contributed by atoms with E-state index in [0.717, 1.165) is 46.3 Å². The summed E-state index contributed by atoms with van der Waals surface area (Å²) >= 11 is 6.87. The number of benzene rings is 2. The number of ether oxygens (including phenoxy) is 2. The van der Waals surface area contributed by atoms with Gasteiger partial charge in [-0.05, 0) is 50.2 Å². The highest BCUT2D eigenvalue weighted by atomic mass is 79.9. The van der Waals surface area contributed by atoms with Crippen LogP contribution in [0.4, 0.5) is 9.59 Å². The van der Waals surface area contributed by atoms with E-state index in [1.54, 1.807) is 9.80 Å². The molecule has 0 atom stereocenters. The number of carbonyl (C=O) groups is 2. The first kappa shape index (κ1) is 35.4. The Morgan fingerprint density at radius 3 is 1.42 bits per heavy atom. The van der Waals surface area contributed by atoms with Crippen LogP contribution in [0.25, 0.3) is 22.9 Å². The minimum Gasteiger partial charge on any atom is -0.450 e. The molecule has 0 bridgehead atoms. The van der Waals surface area contributed by atoms with E-state index < -0.39 is 0 Å². The quantitative estimate of drug-likeness (QED) is 0.221. The van der Waals surface area contributed by atoms with E-state index in [-0.39, 0.29) is 12.2 Å². The standard InChI is InChI=1S/2C16H19BrN4O3/c2*1-2-23-16(22)21-8-6-20(7-9-21)11-14-18-15(24-19-14)12-4-3-5-13(17)10-12/h2*3-5,10H,2,6-9,11H2,1H3. The molecule has 2 aliphatic rings. The van der Waals surface area contributed by atoms with Gasteiger partial charge in [0.1, 0.15) is 0 Å². The average Bonchev–Trinajstić information content (AvgIpc) is 3.76. The van der Waals surface area contributed by atoms with Crippen molar-refractivity contribution in [2.45, 2.75) is 26.9 Å². The van der Waals surface area contributed by atoms with Crippen molar-refractivity contribution in [3.63, 3.8) is 0 Å². The van der Waals surface area contributed by atoms with Crippen molar-refractivity contribution in [2.24, 2.45) is 0 Å². The van der Waals surface area contributed by atoms with E-state index in [1.807, 2.05) is 62.4 Å². The minimum atomic E-state index is -0.242. The fourth-order valence-electron chi connectivity index (χ4n) is 5.12. The van der Waals surface area contributed by atoms with Gasteiger partial charge in [0.15, 0.2) is 11.6 Å². The van der Waals surface area contributed by atoms with Crippen molar-refractivity contribution in [2.75, 3.05) is 65.6 Å². The maximum absolute atomic E-state index is 11.7. The van der Waals surface area contributed by atoms with Crippen molar-refractivity contribution in [3.8, 4) is 22.9 Å². The van der Waals surface area contributed by atoms with Gasteiger partial charge in [0, 0.05) is 72.4 Å². The number of hydrogen-bond donors (Lipinski definition) is 0. The van der Waals surface area contributed by atoms with Crippen LogP contribution in [-0.2, 0) is 22.6 Å². The van der Waals surface area contributed by atoms with E-state index in [9.17, 15) is 9.59 Å². The number of halogens is 2. The van der Waals surface area contributed by atoms with Crippen LogP contribution in [0.2, 0.25) is 0 Å². The molecule has 0 N–H and O–H groups in total. The molecule has 2 aromatic heterocycles. The molecule has 6 rings (SSSR count). The Morgan fingerprint density at radius 2 is 1.06 bits per heavy atom. The summed E-state index contributed by atoms with van der Waals surface area (Å²) in [4.78, 5) is 40.1. The molecule has 2 amide bonds. The summed E-state index contributed by atoms with van der Waals surface area (Å²) in [6.45, 7) is 11.3. The molecule has 2 aliphatic heterocycles. The van der Waals surface area contributed by atoms with E-state index in [2.05, 4.69) is 61.9 Å². The van der Waals surface area contributed by atoms with Gasteiger partial charge in [-0.2, -0.15) is 9.97 Å². The van der Waals surface area contributed by atoms with Crippen LogP contribution in [0.15, 0.2) is 66.5 Å². The van der Waals surface area contributed by atoms with Gasteiger partial charge >= 0.3 is 12.2 Å². The molecule has 0 unspecified atom stereocenters. The molecule has 0 saturated carbocycles. The summed E-state index contributed by atoms with van der Waals surface area (Å²) in [7, 11) is 0. The van der Waals surface area contributed by atoms with Crippen molar-refractivity contribution < 1.29 is 28.1 Å². The van der Waals surface area contributed by atoms with Gasteiger partial charge in [-0.15, -0.1) is 0 Å². The molecule has 0 radical (unpaired) electrons. The molecule has 16 heteroatoms. The Balaban J connectivity index is 0.000000188. The van der Waals surface area contributed by atoms with Crippen LogP contribution in [0.5, 0.6) is 0 Å². The minimum absolute atomic E-state index is 0.242. The monoisotopic (exact) mass is 788 g/mol. The van der Waals surface area contributed by atoms with E-state index in [1.165, 1.54) is 0 Å². The predicted molar refractivity (Wildman–Crippen MR) is 183 cm³/mol. The number of nitrogens with zero attached hydrogens (tertiary/aromatic N) is 8. The number of amides is 2. The Hall–Kier alpha value is -3.86. The number of carbonyl (C=O) groups excluding carboxylic acids is 2. The van der Waals surface area contributed by atoms with Gasteiger partial charge in [-0.1, -0.05) is 54.3 Å². The molecule has 0 spiro atoms. The van der Waals surface area contributed by atoms with Crippen LogP contribution in [0.1, 0.15) is 25.5 Å². The second-order valence-corrected chi connectivity index (χ2v) is 12.8. The van der Waals surface area contributed by atoms with Crippen LogP contribution >= 0.6 is 31.9 Å². The van der Waals surface area contributed by atoms with Gasteiger partial charge in [0.2, 0.25) is 0 Å². The predicted octanol–water partition coefficient (Wildman–Crippen LogP) is 5.55. The molecule has 4 heterocycles. The van der Waals surface area contributed by atoms with Gasteiger partial charge in [-0.3, -0.25) is 9.80 Å². The molecule has 14 nitrogen and oxygen atoms in total. The summed E-state index contributed by atoms with van der Waals surface area (Å²) in [6.07, 6.45) is -0.484. The molecule has 48 heavy (non-hydrogen) atoms. The topological polar surface area (TPSA) is 143 Å². The maximum atomic E-state index is 11.7. The first-order chi connectivity index (χ1) is 23.3. The SMILES string of the molecule is CCOC(=O)N1CCN(Cc2noc(-c3cccc(Br)c3)n2)CC1.CCOC(=O)N1CCN(Cc2noc(-c3cccc(Br)c3)n2)CC1. The zero-order chi connectivity index (χ0) is 33.9. The van der Waals surface area contributed by atoms with E-state index >= 15 is 0 Å². The van der Waals surface area contributed by atoms with Crippen molar-refractivity contribution in [3.05, 3.63) is 69.1 Å². The lowest BCUT2D eigenvalue weighted by molar-refractivity contribution is 0.0763. The zero-order valence-electron chi connectivity index (χ0n) is 26.9. The molecular weight excluding hydrogens is 752 g/mol. The number of rotatable bonds is 8. The lowest BCUT2D eigenvalue weighted by Gasteiger charge is -2.33. The fourth-order valence-corrected chi connectivity index (χ4v) is 5.92. The van der Waals surface area contributed by atoms with Crippen LogP contribution in [-0.4, -0.2) is 118 Å². The Kier molecular flexibility index (Phi) is 12.9.